The Balaban J connectivity index is 1.40. The summed E-state index contributed by atoms with van der Waals surface area (Å²) in [5.41, 5.74) is 3.46. The number of ether oxygens (including phenoxy) is 1. The van der Waals surface area contributed by atoms with Gasteiger partial charge >= 0.3 is 0 Å². The Labute approximate surface area is 178 Å². The zero-order chi connectivity index (χ0) is 21.1. The third-order valence-corrected chi connectivity index (χ3v) is 8.28. The maximum absolute atomic E-state index is 13.6. The zero-order valence-corrected chi connectivity index (χ0v) is 18.1. The first-order valence-corrected chi connectivity index (χ1v) is 12.2. The van der Waals surface area contributed by atoms with E-state index in [0.29, 0.717) is 0 Å². The maximum Gasteiger partial charge on any atom is 0.214 e. The van der Waals surface area contributed by atoms with Crippen LogP contribution in [0.3, 0.4) is 0 Å². The highest BCUT2D eigenvalue weighted by atomic mass is 32.2. The summed E-state index contributed by atoms with van der Waals surface area (Å²) < 4.78 is 46.3. The molecule has 2 N–H and O–H groups in total. The van der Waals surface area contributed by atoms with Crippen molar-refractivity contribution in [1.29, 1.82) is 0 Å². The van der Waals surface area contributed by atoms with Gasteiger partial charge < -0.3 is 10.1 Å². The molecule has 0 spiro atoms. The molecule has 0 aromatic heterocycles. The molecule has 0 radical (unpaired) electrons. The topological polar surface area (TPSA) is 67.4 Å². The summed E-state index contributed by atoms with van der Waals surface area (Å²) in [4.78, 5) is 0. The monoisotopic (exact) mass is 432 g/mol. The van der Waals surface area contributed by atoms with E-state index in [1.807, 2.05) is 19.2 Å². The summed E-state index contributed by atoms with van der Waals surface area (Å²) >= 11 is 0. The number of sulfonamides is 1. The molecule has 2 aliphatic rings. The molecular weight excluding hydrogens is 403 g/mol. The number of hydrogen-bond acceptors (Lipinski definition) is 4. The predicted octanol–water partition coefficient (Wildman–Crippen LogP) is 3.15. The van der Waals surface area contributed by atoms with Gasteiger partial charge in [0.05, 0.1) is 5.25 Å². The van der Waals surface area contributed by atoms with Crippen molar-refractivity contribution >= 4 is 10.0 Å². The van der Waals surface area contributed by atoms with E-state index in [1.165, 1.54) is 17.2 Å². The Morgan fingerprint density at radius 3 is 2.70 bits per heavy atom. The van der Waals surface area contributed by atoms with Crippen LogP contribution in [0, 0.1) is 5.82 Å². The lowest BCUT2D eigenvalue weighted by molar-refractivity contribution is 0.321. The molecule has 30 heavy (non-hydrogen) atoms. The van der Waals surface area contributed by atoms with Gasteiger partial charge in [-0.2, -0.15) is 0 Å². The zero-order valence-electron chi connectivity index (χ0n) is 17.2. The van der Waals surface area contributed by atoms with Gasteiger partial charge in [0.25, 0.3) is 0 Å². The van der Waals surface area contributed by atoms with E-state index < -0.39 is 10.0 Å². The SMILES string of the molecule is CNC1Cc2ccc(OCCNS(=O)(=O)C3CCC3)cc2C1Cc1cccc(F)c1. The van der Waals surface area contributed by atoms with Gasteiger partial charge in [-0.1, -0.05) is 24.6 Å². The van der Waals surface area contributed by atoms with E-state index >= 15 is 0 Å². The molecule has 2 aromatic carbocycles. The Morgan fingerprint density at radius 1 is 1.17 bits per heavy atom. The molecule has 0 amide bonds. The fourth-order valence-corrected chi connectivity index (χ4v) is 5.97. The van der Waals surface area contributed by atoms with Gasteiger partial charge in [-0.15, -0.1) is 0 Å². The minimum absolute atomic E-state index is 0.215. The molecular formula is C23H29FN2O3S. The van der Waals surface area contributed by atoms with Crippen LogP contribution in [0.1, 0.15) is 41.9 Å². The molecule has 0 bridgehead atoms. The highest BCUT2D eigenvalue weighted by Gasteiger charge is 2.32. The number of hydrogen-bond donors (Lipinski definition) is 2. The number of likely N-dealkylation sites (N-methyl/N-ethyl adjacent to an activating group) is 1. The van der Waals surface area contributed by atoms with Crippen LogP contribution >= 0.6 is 0 Å². The van der Waals surface area contributed by atoms with Crippen molar-refractivity contribution in [3.05, 3.63) is 65.0 Å². The molecule has 1 fully saturated rings. The number of benzene rings is 2. The lowest BCUT2D eigenvalue weighted by Gasteiger charge is -2.25. The minimum atomic E-state index is -3.21. The Morgan fingerprint density at radius 2 is 2.00 bits per heavy atom. The van der Waals surface area contributed by atoms with Gasteiger partial charge in [-0.25, -0.2) is 17.5 Å². The lowest BCUT2D eigenvalue weighted by atomic mass is 9.91. The molecule has 2 aliphatic carbocycles. The standard InChI is InChI=1S/C23H29FN2O3S/c1-25-23-14-17-8-9-19(29-11-10-26-30(27,28)20-6-3-7-20)15-21(17)22(23)13-16-4-2-5-18(24)12-16/h2,4-5,8-9,12,15,20,22-23,25-26H,3,6-7,10-11,13-14H2,1H3. The minimum Gasteiger partial charge on any atom is -0.492 e. The smallest absolute Gasteiger partial charge is 0.214 e. The second-order valence-corrected chi connectivity index (χ2v) is 10.3. The molecule has 0 saturated heterocycles. The van der Waals surface area contributed by atoms with Crippen molar-refractivity contribution in [2.24, 2.45) is 0 Å². The van der Waals surface area contributed by atoms with Gasteiger partial charge in [0.2, 0.25) is 10.0 Å². The number of halogens is 1. The largest absolute Gasteiger partial charge is 0.492 e. The summed E-state index contributed by atoms with van der Waals surface area (Å²) in [6, 6.07) is 13.1. The second-order valence-electron chi connectivity index (χ2n) is 8.24. The average molecular weight is 433 g/mol. The van der Waals surface area contributed by atoms with Crippen molar-refractivity contribution in [2.75, 3.05) is 20.2 Å². The molecule has 1 saturated carbocycles. The van der Waals surface area contributed by atoms with Gasteiger partial charge in [0.1, 0.15) is 18.2 Å². The Bertz CT molecular complexity index is 992. The van der Waals surface area contributed by atoms with Crippen LogP contribution in [0.25, 0.3) is 0 Å². The van der Waals surface area contributed by atoms with E-state index in [-0.39, 0.29) is 36.2 Å². The average Bonchev–Trinajstić information content (AvgIpc) is 3.00. The molecule has 2 unspecified atom stereocenters. The first kappa shape index (κ1) is 21.3. The molecule has 7 heteroatoms. The van der Waals surface area contributed by atoms with Crippen molar-refractivity contribution in [2.45, 2.75) is 49.3 Å². The van der Waals surface area contributed by atoms with E-state index in [9.17, 15) is 12.8 Å². The Kier molecular flexibility index (Phi) is 6.41. The molecule has 5 nitrogen and oxygen atoms in total. The van der Waals surface area contributed by atoms with Gasteiger partial charge in [-0.05, 0) is 73.7 Å². The van der Waals surface area contributed by atoms with Crippen LogP contribution in [0.2, 0.25) is 0 Å². The van der Waals surface area contributed by atoms with Crippen molar-refractivity contribution in [3.63, 3.8) is 0 Å². The van der Waals surface area contributed by atoms with E-state index in [4.69, 9.17) is 4.74 Å². The Hall–Kier alpha value is -1.96. The van der Waals surface area contributed by atoms with Crippen LogP contribution in [-0.4, -0.2) is 39.9 Å². The van der Waals surface area contributed by atoms with Crippen LogP contribution in [0.4, 0.5) is 4.39 Å². The number of nitrogens with one attached hydrogen (secondary N) is 2. The molecule has 4 rings (SSSR count). The highest BCUT2D eigenvalue weighted by Crippen LogP contribution is 2.38. The highest BCUT2D eigenvalue weighted by molar-refractivity contribution is 7.90. The van der Waals surface area contributed by atoms with E-state index in [1.54, 1.807) is 12.1 Å². The fraction of sp³-hybridized carbons (Fsp3) is 0.478. The molecule has 0 aliphatic heterocycles. The molecule has 2 atom stereocenters. The quantitative estimate of drug-likeness (QED) is 0.598. The number of fused-ring (bicyclic) bond motifs is 1. The first-order chi connectivity index (χ1) is 14.5. The normalized spacial score (nSPS) is 21.3. The fourth-order valence-electron chi connectivity index (χ4n) is 4.41. The molecule has 162 valence electrons. The summed E-state index contributed by atoms with van der Waals surface area (Å²) in [6.45, 7) is 0.552. The van der Waals surface area contributed by atoms with Gasteiger partial charge in [0, 0.05) is 18.5 Å². The van der Waals surface area contributed by atoms with Crippen molar-refractivity contribution < 1.29 is 17.5 Å². The van der Waals surface area contributed by atoms with Gasteiger partial charge in [0.15, 0.2) is 0 Å². The first-order valence-electron chi connectivity index (χ1n) is 10.6. The van der Waals surface area contributed by atoms with Crippen molar-refractivity contribution in [1.82, 2.24) is 10.0 Å². The van der Waals surface area contributed by atoms with Gasteiger partial charge in [-0.3, -0.25) is 0 Å². The van der Waals surface area contributed by atoms with Crippen LogP contribution in [-0.2, 0) is 22.9 Å². The maximum atomic E-state index is 13.6. The third kappa shape index (κ3) is 4.68. The lowest BCUT2D eigenvalue weighted by Crippen LogP contribution is -2.40. The van der Waals surface area contributed by atoms with Crippen molar-refractivity contribution in [3.8, 4) is 5.75 Å². The summed E-state index contributed by atoms with van der Waals surface area (Å²) in [5, 5.41) is 3.16. The van der Waals surface area contributed by atoms with E-state index in [0.717, 1.165) is 43.4 Å². The predicted molar refractivity (Wildman–Crippen MR) is 116 cm³/mol. The van der Waals surface area contributed by atoms with E-state index in [2.05, 4.69) is 22.2 Å². The van der Waals surface area contributed by atoms with Crippen LogP contribution in [0.5, 0.6) is 5.75 Å². The molecule has 0 heterocycles. The molecule has 2 aromatic rings. The second kappa shape index (κ2) is 9.04. The summed E-state index contributed by atoms with van der Waals surface area (Å²) in [7, 11) is -1.25. The van der Waals surface area contributed by atoms with Crippen LogP contribution in [0.15, 0.2) is 42.5 Å². The van der Waals surface area contributed by atoms with Crippen LogP contribution < -0.4 is 14.8 Å². The third-order valence-electron chi connectivity index (χ3n) is 6.32. The summed E-state index contributed by atoms with van der Waals surface area (Å²) in [6.07, 6.45) is 4.16. The summed E-state index contributed by atoms with van der Waals surface area (Å²) in [5.74, 6) is 0.748. The number of rotatable bonds is 9.